The van der Waals surface area contributed by atoms with E-state index < -0.39 is 10.0 Å². The summed E-state index contributed by atoms with van der Waals surface area (Å²) in [6.07, 6.45) is 1.78. The molecule has 0 saturated carbocycles. The van der Waals surface area contributed by atoms with Gasteiger partial charge in [-0.05, 0) is 31.5 Å². The Morgan fingerprint density at radius 3 is 2.78 bits per heavy atom. The van der Waals surface area contributed by atoms with Crippen molar-refractivity contribution in [2.45, 2.75) is 23.8 Å². The van der Waals surface area contributed by atoms with Gasteiger partial charge in [0.1, 0.15) is 4.90 Å². The van der Waals surface area contributed by atoms with Crippen LogP contribution in [0.15, 0.2) is 23.1 Å². The van der Waals surface area contributed by atoms with Gasteiger partial charge in [-0.2, -0.15) is 0 Å². The lowest BCUT2D eigenvalue weighted by molar-refractivity contribution is 0.428. The van der Waals surface area contributed by atoms with E-state index in [2.05, 4.69) is 10.0 Å². The van der Waals surface area contributed by atoms with Crippen LogP contribution in [0.5, 0.6) is 0 Å². The smallest absolute Gasteiger partial charge is 0.242 e. The maximum absolute atomic E-state index is 12.2. The summed E-state index contributed by atoms with van der Waals surface area (Å²) in [5.41, 5.74) is 0. The number of benzene rings is 1. The highest BCUT2D eigenvalue weighted by Gasteiger charge is 2.24. The van der Waals surface area contributed by atoms with E-state index in [4.69, 9.17) is 23.2 Å². The molecule has 1 aromatic carbocycles. The Balaban J connectivity index is 2.22. The SMILES string of the molecule is O=S(=O)(N[C@H]1CCCNC1)c1cccc(Cl)c1Cl. The van der Waals surface area contributed by atoms with E-state index in [-0.39, 0.29) is 21.0 Å². The minimum Gasteiger partial charge on any atom is -0.315 e. The molecule has 1 heterocycles. The molecule has 0 aliphatic carbocycles. The molecule has 1 aromatic rings. The molecule has 1 fully saturated rings. The lowest BCUT2D eigenvalue weighted by Crippen LogP contribution is -2.45. The summed E-state index contributed by atoms with van der Waals surface area (Å²) in [4.78, 5) is 0.0299. The van der Waals surface area contributed by atoms with Crippen LogP contribution in [0.3, 0.4) is 0 Å². The first-order valence-corrected chi connectivity index (χ1v) is 7.91. The van der Waals surface area contributed by atoms with Gasteiger partial charge in [0.2, 0.25) is 10.0 Å². The topological polar surface area (TPSA) is 58.2 Å². The second-order valence-electron chi connectivity index (χ2n) is 4.22. The van der Waals surface area contributed by atoms with Crippen molar-refractivity contribution < 1.29 is 8.42 Å². The van der Waals surface area contributed by atoms with Gasteiger partial charge in [-0.25, -0.2) is 13.1 Å². The molecule has 2 rings (SSSR count). The first kappa shape index (κ1) is 14.1. The summed E-state index contributed by atoms with van der Waals surface area (Å²) in [6.45, 7) is 1.56. The van der Waals surface area contributed by atoms with Crippen LogP contribution < -0.4 is 10.0 Å². The minimum absolute atomic E-state index is 0.0299. The molecule has 2 N–H and O–H groups in total. The molecule has 0 aromatic heterocycles. The van der Waals surface area contributed by atoms with Crippen molar-refractivity contribution in [2.75, 3.05) is 13.1 Å². The molecule has 18 heavy (non-hydrogen) atoms. The predicted molar refractivity (Wildman–Crippen MR) is 72.7 cm³/mol. The Morgan fingerprint density at radius 1 is 1.33 bits per heavy atom. The largest absolute Gasteiger partial charge is 0.315 e. The third-order valence-electron chi connectivity index (χ3n) is 2.82. The zero-order chi connectivity index (χ0) is 13.2. The Labute approximate surface area is 117 Å². The number of rotatable bonds is 3. The number of hydrogen-bond acceptors (Lipinski definition) is 3. The van der Waals surface area contributed by atoms with Crippen molar-refractivity contribution in [1.29, 1.82) is 0 Å². The fourth-order valence-corrected chi connectivity index (χ4v) is 3.96. The molecule has 100 valence electrons. The molecular weight excluding hydrogens is 295 g/mol. The molecule has 7 heteroatoms. The van der Waals surface area contributed by atoms with E-state index in [0.717, 1.165) is 19.4 Å². The molecule has 0 bridgehead atoms. The molecule has 4 nitrogen and oxygen atoms in total. The second kappa shape index (κ2) is 5.75. The molecule has 1 aliphatic heterocycles. The van der Waals surface area contributed by atoms with Gasteiger partial charge in [0.15, 0.2) is 0 Å². The van der Waals surface area contributed by atoms with E-state index in [1.807, 2.05) is 0 Å². The van der Waals surface area contributed by atoms with Gasteiger partial charge < -0.3 is 5.32 Å². The minimum atomic E-state index is -3.62. The van der Waals surface area contributed by atoms with Gasteiger partial charge in [0.05, 0.1) is 10.0 Å². The van der Waals surface area contributed by atoms with Crippen molar-refractivity contribution in [1.82, 2.24) is 10.0 Å². The van der Waals surface area contributed by atoms with Crippen LogP contribution in [0, 0.1) is 0 Å². The maximum atomic E-state index is 12.2. The first-order valence-electron chi connectivity index (χ1n) is 5.68. The normalized spacial score (nSPS) is 20.9. The summed E-state index contributed by atoms with van der Waals surface area (Å²) >= 11 is 11.8. The van der Waals surface area contributed by atoms with E-state index in [1.54, 1.807) is 12.1 Å². The highest BCUT2D eigenvalue weighted by Crippen LogP contribution is 2.29. The van der Waals surface area contributed by atoms with E-state index in [0.29, 0.717) is 6.54 Å². The summed E-state index contributed by atoms with van der Waals surface area (Å²) in [6, 6.07) is 4.48. The first-order chi connectivity index (χ1) is 8.50. The maximum Gasteiger partial charge on any atom is 0.242 e. The molecule has 1 atom stereocenters. The number of hydrogen-bond donors (Lipinski definition) is 2. The predicted octanol–water partition coefficient (Wildman–Crippen LogP) is 2.02. The average molecular weight is 309 g/mol. The van der Waals surface area contributed by atoms with Gasteiger partial charge in [-0.1, -0.05) is 29.3 Å². The van der Waals surface area contributed by atoms with Gasteiger partial charge in [-0.3, -0.25) is 0 Å². The summed E-state index contributed by atoms with van der Waals surface area (Å²) in [5, 5.41) is 3.45. The molecular formula is C11H14Cl2N2O2S. The highest BCUT2D eigenvalue weighted by atomic mass is 35.5. The molecule has 0 amide bonds. The molecule has 1 aliphatic rings. The van der Waals surface area contributed by atoms with Crippen LogP contribution in [0.25, 0.3) is 0 Å². The fourth-order valence-electron chi connectivity index (χ4n) is 1.93. The van der Waals surface area contributed by atoms with Crippen LogP contribution in [-0.2, 0) is 10.0 Å². The standard InChI is InChI=1S/C11H14Cl2N2O2S/c12-9-4-1-5-10(11(9)13)18(16,17)15-8-3-2-6-14-7-8/h1,4-5,8,14-15H,2-3,6-7H2/t8-/m0/s1. The molecule has 1 saturated heterocycles. The van der Waals surface area contributed by atoms with Crippen molar-refractivity contribution in [3.05, 3.63) is 28.2 Å². The van der Waals surface area contributed by atoms with E-state index in [1.165, 1.54) is 6.07 Å². The van der Waals surface area contributed by atoms with E-state index in [9.17, 15) is 8.42 Å². The summed E-state index contributed by atoms with van der Waals surface area (Å²) in [5.74, 6) is 0. The molecule has 0 radical (unpaired) electrons. The van der Waals surface area contributed by atoms with Gasteiger partial charge in [-0.15, -0.1) is 0 Å². The zero-order valence-electron chi connectivity index (χ0n) is 9.62. The van der Waals surface area contributed by atoms with E-state index >= 15 is 0 Å². The molecule has 0 unspecified atom stereocenters. The van der Waals surface area contributed by atoms with Gasteiger partial charge in [0, 0.05) is 12.6 Å². The summed E-state index contributed by atoms with van der Waals surface area (Å²) < 4.78 is 27.0. The lowest BCUT2D eigenvalue weighted by atomic mass is 10.1. The van der Waals surface area contributed by atoms with Crippen LogP contribution in [0.4, 0.5) is 0 Å². The quantitative estimate of drug-likeness (QED) is 0.898. The fraction of sp³-hybridized carbons (Fsp3) is 0.455. The van der Waals surface area contributed by atoms with Crippen LogP contribution in [-0.4, -0.2) is 27.5 Å². The Kier molecular flexibility index (Phi) is 4.50. The highest BCUT2D eigenvalue weighted by molar-refractivity contribution is 7.89. The second-order valence-corrected chi connectivity index (χ2v) is 6.68. The summed E-state index contributed by atoms with van der Waals surface area (Å²) in [7, 11) is -3.62. The van der Waals surface area contributed by atoms with Crippen molar-refractivity contribution in [3.8, 4) is 0 Å². The van der Waals surface area contributed by atoms with Crippen molar-refractivity contribution in [3.63, 3.8) is 0 Å². The van der Waals surface area contributed by atoms with Crippen LogP contribution in [0.2, 0.25) is 10.0 Å². The van der Waals surface area contributed by atoms with Crippen LogP contribution >= 0.6 is 23.2 Å². The lowest BCUT2D eigenvalue weighted by Gasteiger charge is -2.23. The Bertz CT molecular complexity index is 528. The third-order valence-corrected chi connectivity index (χ3v) is 5.32. The van der Waals surface area contributed by atoms with Gasteiger partial charge in [0.25, 0.3) is 0 Å². The number of piperidine rings is 1. The number of sulfonamides is 1. The number of halogens is 2. The molecule has 0 spiro atoms. The van der Waals surface area contributed by atoms with Crippen molar-refractivity contribution >= 4 is 33.2 Å². The Morgan fingerprint density at radius 2 is 2.11 bits per heavy atom. The van der Waals surface area contributed by atoms with Gasteiger partial charge >= 0.3 is 0 Å². The van der Waals surface area contributed by atoms with Crippen LogP contribution in [0.1, 0.15) is 12.8 Å². The number of nitrogens with one attached hydrogen (secondary N) is 2. The Hall–Kier alpha value is -0.330. The average Bonchev–Trinajstić information content (AvgIpc) is 2.33. The van der Waals surface area contributed by atoms with Crippen molar-refractivity contribution in [2.24, 2.45) is 0 Å². The monoisotopic (exact) mass is 308 g/mol. The zero-order valence-corrected chi connectivity index (χ0v) is 11.9. The third kappa shape index (κ3) is 3.16.